The average Bonchev–Trinajstić information content (AvgIpc) is 2.80. The van der Waals surface area contributed by atoms with Crippen LogP contribution in [-0.4, -0.2) is 47.5 Å². The van der Waals surface area contributed by atoms with Gasteiger partial charge in [-0.05, 0) is 50.3 Å². The summed E-state index contributed by atoms with van der Waals surface area (Å²) in [6, 6.07) is 4.26. The Morgan fingerprint density at radius 3 is 2.83 bits per heavy atom. The van der Waals surface area contributed by atoms with Crippen LogP contribution in [0.5, 0.6) is 0 Å². The molecule has 0 spiro atoms. The van der Waals surface area contributed by atoms with Gasteiger partial charge in [0.05, 0.1) is 0 Å². The van der Waals surface area contributed by atoms with E-state index in [0.29, 0.717) is 12.3 Å². The fraction of sp³-hybridized carbons (Fsp3) is 0.667. The van der Waals surface area contributed by atoms with Crippen LogP contribution in [0.25, 0.3) is 0 Å². The van der Waals surface area contributed by atoms with Crippen LogP contribution in [0, 0.1) is 24.2 Å². The number of likely N-dealkylation sites (tertiary alicyclic amines) is 1. The lowest BCUT2D eigenvalue weighted by Gasteiger charge is -2.32. The minimum absolute atomic E-state index is 0.222. The molecule has 0 aromatic carbocycles. The lowest BCUT2D eigenvalue weighted by molar-refractivity contribution is -0.129. The molecule has 0 aliphatic carbocycles. The Balaban J connectivity index is 1.92. The van der Waals surface area contributed by atoms with E-state index < -0.39 is 0 Å². The summed E-state index contributed by atoms with van der Waals surface area (Å²) in [5, 5.41) is 9.15. The highest BCUT2D eigenvalue weighted by molar-refractivity contribution is 5.75. The minimum Gasteiger partial charge on any atom is -0.349 e. The second kappa shape index (κ2) is 7.65. The zero-order valence-corrected chi connectivity index (χ0v) is 14.8. The largest absolute Gasteiger partial charge is 0.349 e. The lowest BCUT2D eigenvalue weighted by Crippen LogP contribution is -2.35. The molecule has 1 aliphatic rings. The smallest absolute Gasteiger partial charge is 0.222 e. The number of hydrogen-bond donors (Lipinski definition) is 0. The average molecular weight is 316 g/mol. The maximum atomic E-state index is 11.8. The Labute approximate surface area is 139 Å². The van der Waals surface area contributed by atoms with Crippen LogP contribution in [0.15, 0.2) is 6.07 Å². The first kappa shape index (κ1) is 17.6. The lowest BCUT2D eigenvalue weighted by atomic mass is 9.93. The van der Waals surface area contributed by atoms with E-state index in [9.17, 15) is 4.79 Å². The third-order valence-corrected chi connectivity index (χ3v) is 5.02. The van der Waals surface area contributed by atoms with Crippen molar-refractivity contribution >= 4 is 5.91 Å². The molecule has 1 fully saturated rings. The Hall–Kier alpha value is -1.80. The maximum Gasteiger partial charge on any atom is 0.222 e. The standard InChI is InChI=1S/C18H28N4O/c1-14-16(10-17(11-19)21(14)4)13-22-9-5-6-15(12-22)7-8-18(23)20(2)3/h10,15H,5-9,12-13H2,1-4H3/t15-/m0/s1. The molecular weight excluding hydrogens is 288 g/mol. The van der Waals surface area contributed by atoms with Crippen molar-refractivity contribution in [3.05, 3.63) is 23.0 Å². The van der Waals surface area contributed by atoms with Crippen LogP contribution >= 0.6 is 0 Å². The monoisotopic (exact) mass is 316 g/mol. The van der Waals surface area contributed by atoms with Crippen molar-refractivity contribution < 1.29 is 4.79 Å². The third-order valence-electron chi connectivity index (χ3n) is 5.02. The zero-order valence-electron chi connectivity index (χ0n) is 14.8. The van der Waals surface area contributed by atoms with Gasteiger partial charge in [-0.25, -0.2) is 0 Å². The van der Waals surface area contributed by atoms with Crippen LogP contribution in [0.2, 0.25) is 0 Å². The van der Waals surface area contributed by atoms with Crippen molar-refractivity contribution in [3.8, 4) is 6.07 Å². The fourth-order valence-electron chi connectivity index (χ4n) is 3.35. The third kappa shape index (κ3) is 4.35. The minimum atomic E-state index is 0.222. The van der Waals surface area contributed by atoms with Gasteiger partial charge in [0.25, 0.3) is 0 Å². The van der Waals surface area contributed by atoms with E-state index in [2.05, 4.69) is 17.9 Å². The van der Waals surface area contributed by atoms with E-state index in [1.54, 1.807) is 4.90 Å². The highest BCUT2D eigenvalue weighted by atomic mass is 16.2. The van der Waals surface area contributed by atoms with Crippen molar-refractivity contribution in [1.82, 2.24) is 14.4 Å². The van der Waals surface area contributed by atoms with Gasteiger partial charge in [-0.2, -0.15) is 5.26 Å². The molecule has 1 aliphatic heterocycles. The van der Waals surface area contributed by atoms with E-state index >= 15 is 0 Å². The predicted octanol–water partition coefficient (Wildman–Crippen LogP) is 2.29. The van der Waals surface area contributed by atoms with Gasteiger partial charge in [-0.1, -0.05) is 0 Å². The molecule has 126 valence electrons. The number of carbonyl (C=O) groups is 1. The van der Waals surface area contributed by atoms with Gasteiger partial charge < -0.3 is 9.47 Å². The molecule has 1 amide bonds. The number of nitrogens with zero attached hydrogens (tertiary/aromatic N) is 4. The van der Waals surface area contributed by atoms with E-state index in [-0.39, 0.29) is 5.91 Å². The molecule has 1 aromatic heterocycles. The summed E-state index contributed by atoms with van der Waals surface area (Å²) in [4.78, 5) is 15.9. The molecule has 0 radical (unpaired) electrons. The number of nitriles is 1. The summed E-state index contributed by atoms with van der Waals surface area (Å²) in [5.74, 6) is 0.826. The second-order valence-corrected chi connectivity index (χ2v) is 6.88. The quantitative estimate of drug-likeness (QED) is 0.837. The van der Waals surface area contributed by atoms with E-state index in [1.165, 1.54) is 24.1 Å². The van der Waals surface area contributed by atoms with Crippen LogP contribution in [0.4, 0.5) is 0 Å². The summed E-state index contributed by atoms with van der Waals surface area (Å²) in [5.41, 5.74) is 3.14. The van der Waals surface area contributed by atoms with Gasteiger partial charge in [0.1, 0.15) is 11.8 Å². The van der Waals surface area contributed by atoms with Crippen LogP contribution < -0.4 is 0 Å². The number of rotatable bonds is 5. The molecule has 0 unspecified atom stereocenters. The zero-order chi connectivity index (χ0) is 17.0. The Morgan fingerprint density at radius 1 is 1.48 bits per heavy atom. The number of amides is 1. The molecule has 1 saturated heterocycles. The van der Waals surface area contributed by atoms with E-state index in [0.717, 1.165) is 31.7 Å². The molecule has 2 rings (SSSR count). The first-order chi connectivity index (χ1) is 10.9. The summed E-state index contributed by atoms with van der Waals surface area (Å²) in [7, 11) is 5.59. The van der Waals surface area contributed by atoms with Gasteiger partial charge >= 0.3 is 0 Å². The van der Waals surface area contributed by atoms with Crippen molar-refractivity contribution in [2.45, 2.75) is 39.2 Å². The predicted molar refractivity (Wildman–Crippen MR) is 90.8 cm³/mol. The molecule has 0 bridgehead atoms. The van der Waals surface area contributed by atoms with Crippen LogP contribution in [-0.2, 0) is 18.4 Å². The maximum absolute atomic E-state index is 11.8. The van der Waals surface area contributed by atoms with Crippen LogP contribution in [0.1, 0.15) is 42.6 Å². The molecule has 23 heavy (non-hydrogen) atoms. The highest BCUT2D eigenvalue weighted by Crippen LogP contribution is 2.24. The van der Waals surface area contributed by atoms with Crippen molar-refractivity contribution in [2.75, 3.05) is 27.2 Å². The van der Waals surface area contributed by atoms with Gasteiger partial charge in [-0.15, -0.1) is 0 Å². The number of carbonyl (C=O) groups excluding carboxylic acids is 1. The van der Waals surface area contributed by atoms with Gasteiger partial charge in [-0.3, -0.25) is 9.69 Å². The molecule has 5 heteroatoms. The molecule has 0 saturated carbocycles. The fourth-order valence-corrected chi connectivity index (χ4v) is 3.35. The van der Waals surface area contributed by atoms with Gasteiger partial charge in [0, 0.05) is 46.3 Å². The topological polar surface area (TPSA) is 52.3 Å². The van der Waals surface area contributed by atoms with E-state index in [1.807, 2.05) is 31.8 Å². The number of piperidine rings is 1. The summed E-state index contributed by atoms with van der Waals surface area (Å²) in [6.45, 7) is 5.14. The van der Waals surface area contributed by atoms with Crippen molar-refractivity contribution in [2.24, 2.45) is 13.0 Å². The Morgan fingerprint density at radius 2 is 2.22 bits per heavy atom. The molecule has 1 atom stereocenters. The first-order valence-electron chi connectivity index (χ1n) is 8.40. The van der Waals surface area contributed by atoms with Gasteiger partial charge in [0.2, 0.25) is 5.91 Å². The number of hydrogen-bond acceptors (Lipinski definition) is 3. The van der Waals surface area contributed by atoms with Crippen molar-refractivity contribution in [1.29, 1.82) is 5.26 Å². The second-order valence-electron chi connectivity index (χ2n) is 6.88. The molecule has 1 aromatic rings. The summed E-state index contributed by atoms with van der Waals surface area (Å²) >= 11 is 0. The summed E-state index contributed by atoms with van der Waals surface area (Å²) in [6.07, 6.45) is 4.03. The molecular formula is C18H28N4O. The molecule has 5 nitrogen and oxygen atoms in total. The van der Waals surface area contributed by atoms with Gasteiger partial charge in [0.15, 0.2) is 0 Å². The van der Waals surface area contributed by atoms with E-state index in [4.69, 9.17) is 5.26 Å². The Bertz CT molecular complexity index is 597. The normalized spacial score (nSPS) is 18.7. The summed E-state index contributed by atoms with van der Waals surface area (Å²) < 4.78 is 1.96. The Kier molecular flexibility index (Phi) is 5.84. The highest BCUT2D eigenvalue weighted by Gasteiger charge is 2.22. The first-order valence-corrected chi connectivity index (χ1v) is 8.40. The van der Waals surface area contributed by atoms with Crippen LogP contribution in [0.3, 0.4) is 0 Å². The number of aromatic nitrogens is 1. The molecule has 0 N–H and O–H groups in total. The van der Waals surface area contributed by atoms with Crippen molar-refractivity contribution in [3.63, 3.8) is 0 Å². The SMILES string of the molecule is Cc1c(CN2CCC[C@@H](CCC(=O)N(C)C)C2)cc(C#N)n1C. The molecule has 2 heterocycles.